The molecule has 0 amide bonds. The lowest BCUT2D eigenvalue weighted by atomic mass is 10.1. The number of benzene rings is 1. The Morgan fingerprint density at radius 2 is 2.04 bits per heavy atom. The number of aliphatic imine (C=N–C) groups is 1. The zero-order valence-electron chi connectivity index (χ0n) is 14.0. The summed E-state index contributed by atoms with van der Waals surface area (Å²) in [5.74, 6) is 2.88. The van der Waals surface area contributed by atoms with Gasteiger partial charge < -0.3 is 15.2 Å². The molecule has 1 aliphatic heterocycles. The highest BCUT2D eigenvalue weighted by Gasteiger charge is 2.16. The lowest BCUT2D eigenvalue weighted by Gasteiger charge is -2.11. The number of hydrogen-bond donors (Lipinski definition) is 2. The summed E-state index contributed by atoms with van der Waals surface area (Å²) < 4.78 is 2.19. The van der Waals surface area contributed by atoms with Gasteiger partial charge in [0.2, 0.25) is 0 Å². The van der Waals surface area contributed by atoms with E-state index in [1.54, 1.807) is 0 Å². The minimum absolute atomic E-state index is 0. The Morgan fingerprint density at radius 3 is 2.83 bits per heavy atom. The zero-order valence-corrected chi connectivity index (χ0v) is 16.4. The van der Waals surface area contributed by atoms with E-state index < -0.39 is 0 Å². The molecule has 2 aromatic rings. The van der Waals surface area contributed by atoms with Gasteiger partial charge in [0.15, 0.2) is 11.8 Å². The Hall–Kier alpha value is -1.64. The first-order valence-electron chi connectivity index (χ1n) is 8.34. The molecule has 0 radical (unpaired) electrons. The summed E-state index contributed by atoms with van der Waals surface area (Å²) in [4.78, 5) is 4.64. The van der Waals surface area contributed by atoms with Crippen molar-refractivity contribution in [2.45, 2.75) is 39.3 Å². The molecule has 7 heteroatoms. The lowest BCUT2D eigenvalue weighted by Crippen LogP contribution is -2.38. The monoisotopic (exact) mass is 440 g/mol. The molecule has 0 saturated heterocycles. The van der Waals surface area contributed by atoms with E-state index >= 15 is 0 Å². The summed E-state index contributed by atoms with van der Waals surface area (Å²) in [5, 5.41) is 15.1. The molecule has 0 aliphatic carbocycles. The molecule has 1 aliphatic rings. The van der Waals surface area contributed by atoms with Crippen LogP contribution in [0.15, 0.2) is 35.3 Å². The maximum atomic E-state index is 4.64. The molecule has 0 atom stereocenters. The lowest BCUT2D eigenvalue weighted by molar-refractivity contribution is 0.684. The second kappa shape index (κ2) is 9.61. The van der Waals surface area contributed by atoms with Crippen LogP contribution in [-0.2, 0) is 25.9 Å². The van der Waals surface area contributed by atoms with Crippen LogP contribution in [0.2, 0.25) is 0 Å². The summed E-state index contributed by atoms with van der Waals surface area (Å²) in [7, 11) is 0. The van der Waals surface area contributed by atoms with E-state index in [0.29, 0.717) is 6.54 Å². The van der Waals surface area contributed by atoms with Crippen LogP contribution in [-0.4, -0.2) is 33.8 Å². The summed E-state index contributed by atoms with van der Waals surface area (Å²) >= 11 is 0. The summed E-state index contributed by atoms with van der Waals surface area (Å²) in [6.45, 7) is 5.35. The third-order valence-corrected chi connectivity index (χ3v) is 3.96. The van der Waals surface area contributed by atoms with Crippen LogP contribution < -0.4 is 10.6 Å². The SMILES string of the molecule is CCNC(=NCc1nnc2n1CCC2)NCCc1ccccc1.I. The van der Waals surface area contributed by atoms with Crippen molar-refractivity contribution < 1.29 is 0 Å². The maximum Gasteiger partial charge on any atom is 0.191 e. The van der Waals surface area contributed by atoms with Crippen LogP contribution in [0.25, 0.3) is 0 Å². The minimum atomic E-state index is 0. The van der Waals surface area contributed by atoms with Gasteiger partial charge in [0.1, 0.15) is 12.4 Å². The van der Waals surface area contributed by atoms with Crippen molar-refractivity contribution in [2.75, 3.05) is 13.1 Å². The van der Waals surface area contributed by atoms with E-state index in [1.807, 2.05) is 6.07 Å². The largest absolute Gasteiger partial charge is 0.357 e. The molecule has 6 nitrogen and oxygen atoms in total. The molecule has 0 fully saturated rings. The molecule has 0 bridgehead atoms. The Kier molecular flexibility index (Phi) is 7.48. The quantitative estimate of drug-likeness (QED) is 0.411. The van der Waals surface area contributed by atoms with Crippen LogP contribution in [0, 0.1) is 0 Å². The molecular weight excluding hydrogens is 415 g/mol. The predicted octanol–water partition coefficient (Wildman–Crippen LogP) is 2.14. The summed E-state index contributed by atoms with van der Waals surface area (Å²) in [6.07, 6.45) is 3.18. The maximum absolute atomic E-state index is 4.64. The predicted molar refractivity (Wildman–Crippen MR) is 107 cm³/mol. The topological polar surface area (TPSA) is 67.1 Å². The van der Waals surface area contributed by atoms with Crippen molar-refractivity contribution in [3.8, 4) is 0 Å². The number of guanidine groups is 1. The summed E-state index contributed by atoms with van der Waals surface area (Å²) in [6, 6.07) is 10.5. The smallest absolute Gasteiger partial charge is 0.191 e. The van der Waals surface area contributed by atoms with Gasteiger partial charge in [0.05, 0.1) is 0 Å². The Balaban J connectivity index is 0.00000208. The average Bonchev–Trinajstić information content (AvgIpc) is 3.17. The third kappa shape index (κ3) is 4.93. The molecule has 1 aromatic carbocycles. The molecule has 130 valence electrons. The standard InChI is InChI=1S/C17H24N6.HI/c1-2-18-17(19-11-10-14-7-4-3-5-8-14)20-13-16-22-21-15-9-6-12-23(15)16;/h3-5,7-8H,2,6,9-13H2,1H3,(H2,18,19,20);1H. The van der Waals surface area contributed by atoms with Gasteiger partial charge in [-0.1, -0.05) is 30.3 Å². The molecule has 24 heavy (non-hydrogen) atoms. The van der Waals surface area contributed by atoms with Gasteiger partial charge in [-0.05, 0) is 25.3 Å². The Labute approximate surface area is 160 Å². The molecular formula is C17H25IN6. The van der Waals surface area contributed by atoms with Gasteiger partial charge in [-0.25, -0.2) is 4.99 Å². The first-order chi connectivity index (χ1) is 11.4. The fourth-order valence-corrected chi connectivity index (χ4v) is 2.79. The molecule has 1 aromatic heterocycles. The summed E-state index contributed by atoms with van der Waals surface area (Å²) in [5.41, 5.74) is 1.33. The highest BCUT2D eigenvalue weighted by atomic mass is 127. The molecule has 2 heterocycles. The van der Waals surface area contributed by atoms with E-state index in [-0.39, 0.29) is 24.0 Å². The zero-order chi connectivity index (χ0) is 15.9. The van der Waals surface area contributed by atoms with E-state index in [0.717, 1.165) is 56.5 Å². The van der Waals surface area contributed by atoms with Gasteiger partial charge in [-0.2, -0.15) is 0 Å². The number of nitrogens with zero attached hydrogens (tertiary/aromatic N) is 4. The van der Waals surface area contributed by atoms with Crippen molar-refractivity contribution in [1.29, 1.82) is 0 Å². The van der Waals surface area contributed by atoms with Crippen molar-refractivity contribution in [1.82, 2.24) is 25.4 Å². The molecule has 2 N–H and O–H groups in total. The fraction of sp³-hybridized carbons (Fsp3) is 0.471. The number of nitrogens with one attached hydrogen (secondary N) is 2. The minimum Gasteiger partial charge on any atom is -0.357 e. The van der Waals surface area contributed by atoms with E-state index in [2.05, 4.69) is 61.6 Å². The van der Waals surface area contributed by atoms with Crippen molar-refractivity contribution in [3.05, 3.63) is 47.5 Å². The molecule has 0 saturated carbocycles. The highest BCUT2D eigenvalue weighted by molar-refractivity contribution is 14.0. The van der Waals surface area contributed by atoms with Crippen molar-refractivity contribution in [2.24, 2.45) is 4.99 Å². The third-order valence-electron chi connectivity index (χ3n) is 3.96. The molecule has 0 spiro atoms. The number of hydrogen-bond acceptors (Lipinski definition) is 3. The van der Waals surface area contributed by atoms with Gasteiger partial charge in [0, 0.05) is 26.1 Å². The van der Waals surface area contributed by atoms with Crippen LogP contribution >= 0.6 is 24.0 Å². The first-order valence-corrected chi connectivity index (χ1v) is 8.34. The van der Waals surface area contributed by atoms with Gasteiger partial charge >= 0.3 is 0 Å². The number of halogens is 1. The normalized spacial score (nSPS) is 13.3. The number of fused-ring (bicyclic) bond motifs is 1. The first kappa shape index (κ1) is 18.7. The van der Waals surface area contributed by atoms with Crippen molar-refractivity contribution >= 4 is 29.9 Å². The Bertz CT molecular complexity index is 652. The number of rotatable bonds is 6. The molecule has 0 unspecified atom stereocenters. The number of aryl methyl sites for hydroxylation is 1. The van der Waals surface area contributed by atoms with E-state index in [1.165, 1.54) is 5.56 Å². The second-order valence-electron chi connectivity index (χ2n) is 5.65. The molecule has 3 rings (SSSR count). The number of aromatic nitrogens is 3. The fourth-order valence-electron chi connectivity index (χ4n) is 2.79. The van der Waals surface area contributed by atoms with Crippen LogP contribution in [0.3, 0.4) is 0 Å². The highest BCUT2D eigenvalue weighted by Crippen LogP contribution is 2.14. The van der Waals surface area contributed by atoms with Crippen LogP contribution in [0.4, 0.5) is 0 Å². The van der Waals surface area contributed by atoms with Crippen molar-refractivity contribution in [3.63, 3.8) is 0 Å². The average molecular weight is 440 g/mol. The van der Waals surface area contributed by atoms with E-state index in [9.17, 15) is 0 Å². The van der Waals surface area contributed by atoms with Gasteiger partial charge in [0.25, 0.3) is 0 Å². The van der Waals surface area contributed by atoms with Crippen LogP contribution in [0.1, 0.15) is 30.6 Å². The van der Waals surface area contributed by atoms with Gasteiger partial charge in [-0.3, -0.25) is 0 Å². The van der Waals surface area contributed by atoms with Gasteiger partial charge in [-0.15, -0.1) is 34.2 Å². The van der Waals surface area contributed by atoms with Crippen LogP contribution in [0.5, 0.6) is 0 Å². The second-order valence-corrected chi connectivity index (χ2v) is 5.65. The van der Waals surface area contributed by atoms with E-state index in [4.69, 9.17) is 0 Å². The Morgan fingerprint density at radius 1 is 1.21 bits per heavy atom.